The second-order valence-corrected chi connectivity index (χ2v) is 10.9. The quantitative estimate of drug-likeness (QED) is 0.282. The minimum atomic E-state index is -4.69. The van der Waals surface area contributed by atoms with Crippen LogP contribution in [0.2, 0.25) is 0 Å². The van der Waals surface area contributed by atoms with Crippen molar-refractivity contribution in [1.29, 1.82) is 0 Å². The first-order valence-electron chi connectivity index (χ1n) is 12.3. The molecule has 9 heteroatoms. The zero-order valence-electron chi connectivity index (χ0n) is 21.3. The third-order valence-electron chi connectivity index (χ3n) is 6.61. The number of rotatable bonds is 9. The molecule has 0 spiro atoms. The van der Waals surface area contributed by atoms with Crippen LogP contribution >= 0.6 is 0 Å². The molecule has 1 N–H and O–H groups in total. The molecule has 0 saturated heterocycles. The maximum Gasteiger partial charge on any atom is 0.295 e. The van der Waals surface area contributed by atoms with Gasteiger partial charge in [0, 0.05) is 42.9 Å². The van der Waals surface area contributed by atoms with E-state index in [4.69, 9.17) is 0 Å². The van der Waals surface area contributed by atoms with Crippen LogP contribution in [0.5, 0.6) is 0 Å². The van der Waals surface area contributed by atoms with Crippen LogP contribution in [0.25, 0.3) is 5.57 Å². The predicted molar refractivity (Wildman–Crippen MR) is 145 cm³/mol. The van der Waals surface area contributed by atoms with Crippen LogP contribution in [0.3, 0.4) is 0 Å². The van der Waals surface area contributed by atoms with Gasteiger partial charge in [0.25, 0.3) is 10.1 Å². The number of allylic oxidation sites excluding steroid dienone is 9. The summed E-state index contributed by atoms with van der Waals surface area (Å²) in [6, 6.07) is 3.88. The van der Waals surface area contributed by atoms with Gasteiger partial charge in [-0.1, -0.05) is 18.2 Å². The lowest BCUT2D eigenvalue weighted by Crippen LogP contribution is -2.23. The summed E-state index contributed by atoms with van der Waals surface area (Å²) in [7, 11) is -7.70. The van der Waals surface area contributed by atoms with Crippen LogP contribution in [-0.4, -0.2) is 62.8 Å². The van der Waals surface area contributed by atoms with Crippen molar-refractivity contribution >= 4 is 32.1 Å². The lowest BCUT2D eigenvalue weighted by molar-refractivity contribution is -0.519. The molecule has 2 aliphatic rings. The van der Waals surface area contributed by atoms with Crippen molar-refractivity contribution in [2.24, 2.45) is 0 Å². The van der Waals surface area contributed by atoms with Gasteiger partial charge in [0.2, 0.25) is 0 Å². The van der Waals surface area contributed by atoms with E-state index in [1.807, 2.05) is 24.3 Å². The molecule has 0 aliphatic heterocycles. The van der Waals surface area contributed by atoms with Gasteiger partial charge >= 0.3 is 0 Å². The SMILES string of the molecule is CCN(CC)C1=CCC(C(=C2C=CC(=[N+](CC)CC)C=C2)c2ccc([SH](=O)=O)cc2S(=O)(=O)O)=CC1. The van der Waals surface area contributed by atoms with Gasteiger partial charge < -0.3 is 4.90 Å². The minimum absolute atomic E-state index is 0.168. The molecule has 194 valence electrons. The lowest BCUT2D eigenvalue weighted by atomic mass is 9.86. The van der Waals surface area contributed by atoms with Crippen molar-refractivity contribution < 1.29 is 26.0 Å². The first-order chi connectivity index (χ1) is 17.1. The largest absolute Gasteiger partial charge is 0.375 e. The van der Waals surface area contributed by atoms with Gasteiger partial charge in [-0.3, -0.25) is 4.55 Å². The summed E-state index contributed by atoms with van der Waals surface area (Å²) in [5.41, 5.74) is 4.93. The molecule has 1 aromatic rings. The second-order valence-electron chi connectivity index (χ2n) is 8.51. The zero-order valence-corrected chi connectivity index (χ0v) is 23.0. The second kappa shape index (κ2) is 12.0. The Morgan fingerprint density at radius 1 is 0.972 bits per heavy atom. The first kappa shape index (κ1) is 27.8. The highest BCUT2D eigenvalue weighted by atomic mass is 32.2. The summed E-state index contributed by atoms with van der Waals surface area (Å²) in [6.45, 7) is 11.9. The van der Waals surface area contributed by atoms with Crippen LogP contribution in [0, 0.1) is 0 Å². The average molecular weight is 532 g/mol. The van der Waals surface area contributed by atoms with Gasteiger partial charge in [0.1, 0.15) is 18.0 Å². The maximum absolute atomic E-state index is 12.4. The van der Waals surface area contributed by atoms with Crippen LogP contribution in [0.15, 0.2) is 81.3 Å². The van der Waals surface area contributed by atoms with Gasteiger partial charge in [0.15, 0.2) is 16.4 Å². The van der Waals surface area contributed by atoms with E-state index in [9.17, 15) is 21.4 Å². The summed E-state index contributed by atoms with van der Waals surface area (Å²) in [4.78, 5) is 1.70. The van der Waals surface area contributed by atoms with E-state index in [1.165, 1.54) is 17.8 Å². The third-order valence-corrected chi connectivity index (χ3v) is 8.21. The van der Waals surface area contributed by atoms with Crippen molar-refractivity contribution in [3.63, 3.8) is 0 Å². The third kappa shape index (κ3) is 6.14. The van der Waals surface area contributed by atoms with Gasteiger partial charge in [-0.25, -0.2) is 13.0 Å². The van der Waals surface area contributed by atoms with E-state index in [-0.39, 0.29) is 10.5 Å². The minimum Gasteiger partial charge on any atom is -0.375 e. The zero-order chi connectivity index (χ0) is 26.5. The van der Waals surface area contributed by atoms with Crippen molar-refractivity contribution in [3.05, 3.63) is 77.1 Å². The number of nitrogens with zero attached hydrogens (tertiary/aromatic N) is 2. The molecule has 0 aromatic heterocycles. The smallest absolute Gasteiger partial charge is 0.295 e. The van der Waals surface area contributed by atoms with E-state index in [1.54, 1.807) is 0 Å². The molecule has 0 radical (unpaired) electrons. The molecular formula is C27H35N2O5S2+. The molecule has 0 bridgehead atoms. The van der Waals surface area contributed by atoms with Gasteiger partial charge in [0.05, 0.1) is 4.90 Å². The molecular weight excluding hydrogens is 496 g/mol. The molecule has 0 heterocycles. The van der Waals surface area contributed by atoms with E-state index in [0.717, 1.165) is 49.1 Å². The summed E-state index contributed by atoms with van der Waals surface area (Å²) in [5.74, 6) is 0. The number of hydrogen-bond donors (Lipinski definition) is 2. The predicted octanol–water partition coefficient (Wildman–Crippen LogP) is 4.22. The molecule has 0 unspecified atom stereocenters. The van der Waals surface area contributed by atoms with E-state index < -0.39 is 25.7 Å². The Kier molecular flexibility index (Phi) is 9.27. The van der Waals surface area contributed by atoms with Crippen LogP contribution in [0.1, 0.15) is 46.1 Å². The fraction of sp³-hybridized carbons (Fsp3) is 0.370. The Morgan fingerprint density at radius 2 is 1.61 bits per heavy atom. The molecule has 2 aliphatic carbocycles. The Labute approximate surface area is 216 Å². The topological polar surface area (TPSA) is 94.8 Å². The summed E-state index contributed by atoms with van der Waals surface area (Å²) < 4.78 is 60.2. The summed E-state index contributed by atoms with van der Waals surface area (Å²) in [5, 5.41) is 0. The van der Waals surface area contributed by atoms with Gasteiger partial charge in [-0.05, 0) is 75.1 Å². The fourth-order valence-corrected chi connectivity index (χ4v) is 5.94. The maximum atomic E-state index is 12.4. The Morgan fingerprint density at radius 3 is 2.08 bits per heavy atom. The summed E-state index contributed by atoms with van der Waals surface area (Å²) >= 11 is 0. The van der Waals surface area contributed by atoms with Crippen molar-refractivity contribution in [2.45, 2.75) is 50.3 Å². The Hall–Kier alpha value is -2.75. The summed E-state index contributed by atoms with van der Waals surface area (Å²) in [6.07, 6.45) is 13.4. The highest BCUT2D eigenvalue weighted by Gasteiger charge is 2.25. The Bertz CT molecular complexity index is 1350. The average Bonchev–Trinajstić information content (AvgIpc) is 2.87. The monoisotopic (exact) mass is 531 g/mol. The molecule has 1 aromatic carbocycles. The van der Waals surface area contributed by atoms with E-state index in [2.05, 4.69) is 49.3 Å². The number of thiol groups is 1. The van der Waals surface area contributed by atoms with Crippen LogP contribution < -0.4 is 0 Å². The molecule has 0 fully saturated rings. The van der Waals surface area contributed by atoms with E-state index >= 15 is 0 Å². The molecule has 7 nitrogen and oxygen atoms in total. The standard InChI is InChI=1S/C27H34N2O5S2/c1-5-28(6-2)22-13-9-20(10-14-22)27(21-11-15-23(16-12-21)29(7-3)8-4)25-18-17-24(35(30)31)19-26(25)36(32,33)34/h9-11,13-14,16-19,35H,5-8,12,15H2,1-4H3/p+1. The van der Waals surface area contributed by atoms with Crippen molar-refractivity contribution in [1.82, 2.24) is 4.90 Å². The normalized spacial score (nSPS) is 15.7. The highest BCUT2D eigenvalue weighted by molar-refractivity contribution is 7.86. The van der Waals surface area contributed by atoms with Crippen LogP contribution in [0.4, 0.5) is 0 Å². The number of benzene rings is 1. The molecule has 36 heavy (non-hydrogen) atoms. The molecule has 0 saturated carbocycles. The van der Waals surface area contributed by atoms with Crippen molar-refractivity contribution in [3.8, 4) is 0 Å². The highest BCUT2D eigenvalue weighted by Crippen LogP contribution is 2.38. The van der Waals surface area contributed by atoms with Crippen LogP contribution in [-0.2, 0) is 20.8 Å². The van der Waals surface area contributed by atoms with E-state index in [0.29, 0.717) is 18.4 Å². The first-order valence-corrected chi connectivity index (χ1v) is 14.9. The van der Waals surface area contributed by atoms with Crippen molar-refractivity contribution in [2.75, 3.05) is 26.2 Å². The molecule has 0 amide bonds. The van der Waals surface area contributed by atoms with Gasteiger partial charge in [-0.2, -0.15) is 8.42 Å². The molecule has 0 atom stereocenters. The molecule has 3 rings (SSSR count). The Balaban J connectivity index is 2.23. The number of hydrogen-bond acceptors (Lipinski definition) is 5. The fourth-order valence-electron chi connectivity index (χ4n) is 4.70. The van der Waals surface area contributed by atoms with Gasteiger partial charge in [-0.15, -0.1) is 0 Å². The lowest BCUT2D eigenvalue weighted by Gasteiger charge is -2.28.